The summed E-state index contributed by atoms with van der Waals surface area (Å²) in [5.74, 6) is 0. The molecule has 0 bridgehead atoms. The minimum atomic E-state index is -0.680. The monoisotopic (exact) mass is 404 g/mol. The molecule has 0 amide bonds. The molecule has 1 nitrogen and oxygen atoms in total. The van der Waals surface area contributed by atoms with Crippen LogP contribution in [-0.4, -0.2) is 15.5 Å². The highest BCUT2D eigenvalue weighted by Gasteiger charge is 2.27. The van der Waals surface area contributed by atoms with Crippen molar-refractivity contribution in [2.24, 2.45) is 0 Å². The molecule has 0 aliphatic rings. The topological polar surface area (TPSA) is 20.2 Å². The molecule has 0 spiro atoms. The highest BCUT2D eigenvalue weighted by atomic mass is 79.9. The predicted molar refractivity (Wildman–Crippen MR) is 78.0 cm³/mol. The fourth-order valence-electron chi connectivity index (χ4n) is 1.34. The number of alkyl halides is 1. The Morgan fingerprint density at radius 1 is 1.33 bits per heavy atom. The van der Waals surface area contributed by atoms with E-state index in [1.54, 1.807) is 0 Å². The zero-order chi connectivity index (χ0) is 11.9. The van der Waals surface area contributed by atoms with E-state index in [9.17, 15) is 5.11 Å². The van der Waals surface area contributed by atoms with Crippen molar-refractivity contribution in [1.82, 2.24) is 0 Å². The standard InChI is InChI=1S/C11H19Br3O/c1-3-4-5-6-7-11(2,15)9(12)8-10(13)14/h8-9,15H,3-7H2,1-2H3/t9-,11+/m1/s1. The quantitative estimate of drug-likeness (QED) is 0.460. The molecule has 2 atom stereocenters. The zero-order valence-corrected chi connectivity index (χ0v) is 14.0. The average molecular weight is 407 g/mol. The van der Waals surface area contributed by atoms with Crippen molar-refractivity contribution in [1.29, 1.82) is 0 Å². The first-order valence-electron chi connectivity index (χ1n) is 5.29. The van der Waals surface area contributed by atoms with Gasteiger partial charge in [-0.1, -0.05) is 48.5 Å². The number of rotatable bonds is 7. The third-order valence-electron chi connectivity index (χ3n) is 2.40. The SMILES string of the molecule is CCCCCC[C@](C)(O)[C@H](Br)C=C(Br)Br. The Balaban J connectivity index is 3.99. The summed E-state index contributed by atoms with van der Waals surface area (Å²) >= 11 is 10.1. The Hall–Kier alpha value is 1.14. The molecule has 0 radical (unpaired) electrons. The highest BCUT2D eigenvalue weighted by Crippen LogP contribution is 2.28. The van der Waals surface area contributed by atoms with Crippen LogP contribution in [0.2, 0.25) is 0 Å². The first-order valence-corrected chi connectivity index (χ1v) is 7.79. The summed E-state index contributed by atoms with van der Waals surface area (Å²) in [6, 6.07) is 0. The van der Waals surface area contributed by atoms with Crippen molar-refractivity contribution in [2.75, 3.05) is 0 Å². The molecule has 1 N–H and O–H groups in total. The lowest BCUT2D eigenvalue weighted by Gasteiger charge is -2.27. The minimum absolute atomic E-state index is 0.0274. The molecule has 0 aliphatic heterocycles. The van der Waals surface area contributed by atoms with Crippen molar-refractivity contribution in [3.8, 4) is 0 Å². The van der Waals surface area contributed by atoms with E-state index in [1.165, 1.54) is 19.3 Å². The number of hydrogen-bond donors (Lipinski definition) is 1. The van der Waals surface area contributed by atoms with Crippen LogP contribution in [0.3, 0.4) is 0 Å². The molecule has 0 saturated heterocycles. The predicted octanol–water partition coefficient (Wildman–Crippen LogP) is 5.10. The first-order chi connectivity index (χ1) is 6.90. The van der Waals surface area contributed by atoms with Crippen LogP contribution in [0, 0.1) is 0 Å². The van der Waals surface area contributed by atoms with Gasteiger partial charge in [-0.15, -0.1) is 0 Å². The van der Waals surface area contributed by atoms with E-state index in [0.717, 1.165) is 16.2 Å². The molecular weight excluding hydrogens is 388 g/mol. The van der Waals surface area contributed by atoms with Gasteiger partial charge in [-0.3, -0.25) is 0 Å². The summed E-state index contributed by atoms with van der Waals surface area (Å²) in [6.45, 7) is 4.06. The van der Waals surface area contributed by atoms with Gasteiger partial charge in [0.15, 0.2) is 0 Å². The van der Waals surface area contributed by atoms with Gasteiger partial charge in [-0.2, -0.15) is 0 Å². The van der Waals surface area contributed by atoms with E-state index >= 15 is 0 Å². The van der Waals surface area contributed by atoms with E-state index in [0.29, 0.717) is 0 Å². The van der Waals surface area contributed by atoms with E-state index in [4.69, 9.17) is 0 Å². The molecule has 0 fully saturated rings. The van der Waals surface area contributed by atoms with Crippen LogP contribution in [0.5, 0.6) is 0 Å². The number of unbranched alkanes of at least 4 members (excludes halogenated alkanes) is 3. The van der Waals surface area contributed by atoms with Crippen LogP contribution in [0.25, 0.3) is 0 Å². The van der Waals surface area contributed by atoms with Crippen molar-refractivity contribution in [3.05, 3.63) is 9.47 Å². The Morgan fingerprint density at radius 3 is 2.40 bits per heavy atom. The Labute approximate surface area is 118 Å². The van der Waals surface area contributed by atoms with Gasteiger partial charge >= 0.3 is 0 Å². The van der Waals surface area contributed by atoms with Gasteiger partial charge in [-0.05, 0) is 51.3 Å². The van der Waals surface area contributed by atoms with Crippen molar-refractivity contribution in [2.45, 2.75) is 56.4 Å². The van der Waals surface area contributed by atoms with E-state index in [2.05, 4.69) is 54.7 Å². The van der Waals surface area contributed by atoms with E-state index in [-0.39, 0.29) is 4.83 Å². The lowest BCUT2D eigenvalue weighted by Crippen LogP contribution is -2.33. The second-order valence-corrected chi connectivity index (χ2v) is 7.79. The molecular formula is C11H19Br3O. The lowest BCUT2D eigenvalue weighted by molar-refractivity contribution is 0.0581. The van der Waals surface area contributed by atoms with Gasteiger partial charge in [0, 0.05) is 0 Å². The summed E-state index contributed by atoms with van der Waals surface area (Å²) in [5.41, 5.74) is -0.680. The smallest absolute Gasteiger partial charge is 0.0779 e. The normalized spacial score (nSPS) is 16.9. The Morgan fingerprint density at radius 2 is 1.93 bits per heavy atom. The summed E-state index contributed by atoms with van der Waals surface area (Å²) in [4.78, 5) is -0.0274. The second-order valence-electron chi connectivity index (χ2n) is 4.03. The number of hydrogen-bond acceptors (Lipinski definition) is 1. The van der Waals surface area contributed by atoms with Crippen LogP contribution in [-0.2, 0) is 0 Å². The summed E-state index contributed by atoms with van der Waals surface area (Å²) < 4.78 is 0.866. The molecule has 0 aliphatic carbocycles. The number of halogens is 3. The highest BCUT2D eigenvalue weighted by molar-refractivity contribution is 9.28. The van der Waals surface area contributed by atoms with Crippen LogP contribution < -0.4 is 0 Å². The average Bonchev–Trinajstić information content (AvgIpc) is 2.11. The van der Waals surface area contributed by atoms with Crippen LogP contribution in [0.1, 0.15) is 46.0 Å². The summed E-state index contributed by atoms with van der Waals surface area (Å²) in [6.07, 6.45) is 7.50. The summed E-state index contributed by atoms with van der Waals surface area (Å²) in [5, 5.41) is 10.2. The van der Waals surface area contributed by atoms with E-state index in [1.807, 2.05) is 13.0 Å². The third-order valence-corrected chi connectivity index (χ3v) is 4.18. The molecule has 90 valence electrons. The summed E-state index contributed by atoms with van der Waals surface area (Å²) in [7, 11) is 0. The van der Waals surface area contributed by atoms with Gasteiger partial charge in [0.05, 0.1) is 13.8 Å². The minimum Gasteiger partial charge on any atom is -0.389 e. The fourth-order valence-corrected chi connectivity index (χ4v) is 3.07. The Kier molecular flexibility index (Phi) is 8.89. The van der Waals surface area contributed by atoms with Crippen LogP contribution in [0.4, 0.5) is 0 Å². The molecule has 0 unspecified atom stereocenters. The first kappa shape index (κ1) is 16.1. The molecule has 0 heterocycles. The number of aliphatic hydroxyl groups is 1. The molecule has 0 aromatic rings. The van der Waals surface area contributed by atoms with Crippen molar-refractivity contribution >= 4 is 47.8 Å². The molecule has 0 aromatic heterocycles. The fraction of sp³-hybridized carbons (Fsp3) is 0.818. The Bertz CT molecular complexity index is 198. The van der Waals surface area contributed by atoms with Gasteiger partial charge in [0.1, 0.15) is 0 Å². The van der Waals surface area contributed by atoms with Crippen molar-refractivity contribution in [3.63, 3.8) is 0 Å². The van der Waals surface area contributed by atoms with Gasteiger partial charge in [-0.25, -0.2) is 0 Å². The molecule has 0 rings (SSSR count). The van der Waals surface area contributed by atoms with Crippen molar-refractivity contribution < 1.29 is 5.11 Å². The van der Waals surface area contributed by atoms with Crippen LogP contribution >= 0.6 is 47.8 Å². The molecule has 0 aromatic carbocycles. The lowest BCUT2D eigenvalue weighted by atomic mass is 9.94. The molecule has 0 saturated carbocycles. The maximum absolute atomic E-state index is 10.2. The van der Waals surface area contributed by atoms with Gasteiger partial charge < -0.3 is 5.11 Å². The largest absolute Gasteiger partial charge is 0.389 e. The van der Waals surface area contributed by atoms with Gasteiger partial charge in [0.25, 0.3) is 0 Å². The van der Waals surface area contributed by atoms with E-state index < -0.39 is 5.60 Å². The second kappa shape index (κ2) is 8.26. The maximum Gasteiger partial charge on any atom is 0.0779 e. The zero-order valence-electron chi connectivity index (χ0n) is 9.27. The molecule has 4 heteroatoms. The maximum atomic E-state index is 10.2. The molecule has 15 heavy (non-hydrogen) atoms. The van der Waals surface area contributed by atoms with Gasteiger partial charge in [0.2, 0.25) is 0 Å². The third kappa shape index (κ3) is 7.94. The van der Waals surface area contributed by atoms with Crippen LogP contribution in [0.15, 0.2) is 9.47 Å².